The van der Waals surface area contributed by atoms with Gasteiger partial charge in [-0.15, -0.1) is 0 Å². The van der Waals surface area contributed by atoms with E-state index in [-0.39, 0.29) is 0 Å². The van der Waals surface area contributed by atoms with E-state index in [9.17, 15) is 0 Å². The van der Waals surface area contributed by atoms with E-state index in [1.54, 1.807) is 0 Å². The van der Waals surface area contributed by atoms with Gasteiger partial charge in [0.15, 0.2) is 0 Å². The number of hydrogen-bond donors (Lipinski definition) is 1. The summed E-state index contributed by atoms with van der Waals surface area (Å²) in [5.74, 6) is 4.05. The summed E-state index contributed by atoms with van der Waals surface area (Å²) in [4.78, 5) is 14.3. The number of nitrogens with zero attached hydrogens (tertiary/aromatic N) is 4. The van der Waals surface area contributed by atoms with Gasteiger partial charge in [-0.25, -0.2) is 4.98 Å². The molecule has 1 saturated heterocycles. The standard InChI is InChI=1S/C14H23N5S/c1-3-4-15-13-11-9-20-10-12(11)16-14(17-13)19-7-5-18(2)6-8-19/h3-10H2,1-2H3,(H,15,16,17). The Morgan fingerprint density at radius 1 is 1.15 bits per heavy atom. The second-order valence-corrected chi connectivity index (χ2v) is 6.49. The number of likely N-dealkylation sites (N-methyl/N-ethyl adjacent to an activating group) is 1. The average molecular weight is 293 g/mol. The predicted molar refractivity (Wildman–Crippen MR) is 85.5 cm³/mol. The topological polar surface area (TPSA) is 44.3 Å². The molecule has 3 heterocycles. The second-order valence-electron chi connectivity index (χ2n) is 5.51. The molecular weight excluding hydrogens is 270 g/mol. The van der Waals surface area contributed by atoms with Gasteiger partial charge in [0, 0.05) is 49.8 Å². The zero-order valence-corrected chi connectivity index (χ0v) is 13.2. The van der Waals surface area contributed by atoms with Crippen LogP contribution in [-0.4, -0.2) is 54.6 Å². The molecule has 0 saturated carbocycles. The van der Waals surface area contributed by atoms with E-state index < -0.39 is 0 Å². The fourth-order valence-electron chi connectivity index (χ4n) is 2.58. The summed E-state index contributed by atoms with van der Waals surface area (Å²) < 4.78 is 0. The molecule has 3 rings (SSSR count). The minimum absolute atomic E-state index is 0.915. The fraction of sp³-hybridized carbons (Fsp3) is 0.714. The van der Waals surface area contributed by atoms with E-state index in [0.717, 1.165) is 62.4 Å². The number of nitrogens with one attached hydrogen (secondary N) is 1. The lowest BCUT2D eigenvalue weighted by molar-refractivity contribution is 0.311. The smallest absolute Gasteiger partial charge is 0.227 e. The highest BCUT2D eigenvalue weighted by molar-refractivity contribution is 7.98. The Morgan fingerprint density at radius 2 is 1.95 bits per heavy atom. The van der Waals surface area contributed by atoms with Crippen LogP contribution in [-0.2, 0) is 11.5 Å². The van der Waals surface area contributed by atoms with Crippen molar-refractivity contribution in [2.75, 3.05) is 50.0 Å². The van der Waals surface area contributed by atoms with Crippen molar-refractivity contribution in [1.82, 2.24) is 14.9 Å². The van der Waals surface area contributed by atoms with E-state index in [2.05, 4.69) is 29.1 Å². The van der Waals surface area contributed by atoms with Crippen LogP contribution in [0.3, 0.4) is 0 Å². The molecular formula is C14H23N5S. The third kappa shape index (κ3) is 2.86. The van der Waals surface area contributed by atoms with E-state index >= 15 is 0 Å². The second kappa shape index (κ2) is 6.18. The number of piperazine rings is 1. The number of anilines is 2. The van der Waals surface area contributed by atoms with Crippen LogP contribution >= 0.6 is 11.8 Å². The molecule has 0 radical (unpaired) electrons. The number of fused-ring (bicyclic) bond motifs is 1. The first-order valence-corrected chi connectivity index (χ1v) is 8.58. The molecule has 110 valence electrons. The molecule has 1 aromatic heterocycles. The van der Waals surface area contributed by atoms with Gasteiger partial charge in [0.2, 0.25) is 5.95 Å². The minimum Gasteiger partial charge on any atom is -0.370 e. The average Bonchev–Trinajstić information content (AvgIpc) is 2.94. The first-order chi connectivity index (χ1) is 9.78. The predicted octanol–water partition coefficient (Wildman–Crippen LogP) is 1.80. The maximum atomic E-state index is 4.81. The summed E-state index contributed by atoms with van der Waals surface area (Å²) in [6.45, 7) is 7.39. The summed E-state index contributed by atoms with van der Waals surface area (Å²) in [6, 6.07) is 0. The van der Waals surface area contributed by atoms with Gasteiger partial charge in [0.05, 0.1) is 5.69 Å². The van der Waals surface area contributed by atoms with Crippen molar-refractivity contribution in [2.45, 2.75) is 24.9 Å². The van der Waals surface area contributed by atoms with E-state index in [1.807, 2.05) is 11.8 Å². The molecule has 0 amide bonds. The summed E-state index contributed by atoms with van der Waals surface area (Å²) in [5, 5.41) is 3.48. The number of thioether (sulfide) groups is 1. The third-order valence-electron chi connectivity index (χ3n) is 3.89. The Kier molecular flexibility index (Phi) is 4.31. The van der Waals surface area contributed by atoms with Gasteiger partial charge in [-0.1, -0.05) is 6.92 Å². The molecule has 2 aliphatic heterocycles. The van der Waals surface area contributed by atoms with Crippen LogP contribution in [0.2, 0.25) is 0 Å². The van der Waals surface area contributed by atoms with Crippen LogP contribution < -0.4 is 10.2 Å². The molecule has 5 nitrogen and oxygen atoms in total. The molecule has 1 aromatic rings. The van der Waals surface area contributed by atoms with Crippen molar-refractivity contribution in [3.05, 3.63) is 11.3 Å². The van der Waals surface area contributed by atoms with Crippen LogP contribution in [0.5, 0.6) is 0 Å². The van der Waals surface area contributed by atoms with Crippen LogP contribution in [0, 0.1) is 0 Å². The Balaban J connectivity index is 1.84. The summed E-state index contributed by atoms with van der Waals surface area (Å²) in [6.07, 6.45) is 1.12. The van der Waals surface area contributed by atoms with Crippen molar-refractivity contribution >= 4 is 23.5 Å². The lowest BCUT2D eigenvalue weighted by atomic mass is 10.2. The largest absolute Gasteiger partial charge is 0.370 e. The maximum Gasteiger partial charge on any atom is 0.227 e. The summed E-state index contributed by atoms with van der Waals surface area (Å²) in [7, 11) is 2.17. The maximum absolute atomic E-state index is 4.81. The van der Waals surface area contributed by atoms with Crippen molar-refractivity contribution in [3.63, 3.8) is 0 Å². The van der Waals surface area contributed by atoms with Crippen LogP contribution in [0.25, 0.3) is 0 Å². The molecule has 0 atom stereocenters. The molecule has 0 unspecified atom stereocenters. The van der Waals surface area contributed by atoms with Crippen LogP contribution in [0.15, 0.2) is 0 Å². The Hall–Kier alpha value is -1.01. The van der Waals surface area contributed by atoms with Crippen molar-refractivity contribution < 1.29 is 0 Å². The Labute approximate surface area is 125 Å². The van der Waals surface area contributed by atoms with E-state index in [4.69, 9.17) is 9.97 Å². The fourth-order valence-corrected chi connectivity index (χ4v) is 3.62. The molecule has 6 heteroatoms. The molecule has 0 aromatic carbocycles. The van der Waals surface area contributed by atoms with Gasteiger partial charge in [-0.3, -0.25) is 0 Å². The molecule has 0 aliphatic carbocycles. The number of rotatable bonds is 4. The highest BCUT2D eigenvalue weighted by Crippen LogP contribution is 2.34. The van der Waals surface area contributed by atoms with Crippen LogP contribution in [0.1, 0.15) is 24.6 Å². The van der Waals surface area contributed by atoms with E-state index in [0.29, 0.717) is 0 Å². The number of hydrogen-bond acceptors (Lipinski definition) is 6. The lowest BCUT2D eigenvalue weighted by Gasteiger charge is -2.32. The van der Waals surface area contributed by atoms with Gasteiger partial charge >= 0.3 is 0 Å². The Morgan fingerprint density at radius 3 is 2.70 bits per heavy atom. The van der Waals surface area contributed by atoms with Crippen LogP contribution in [0.4, 0.5) is 11.8 Å². The van der Waals surface area contributed by atoms with Gasteiger partial charge < -0.3 is 15.1 Å². The highest BCUT2D eigenvalue weighted by Gasteiger charge is 2.23. The SMILES string of the molecule is CCCNc1nc(N2CCN(C)CC2)nc2c1CSC2. The Bertz CT molecular complexity index is 471. The zero-order chi connectivity index (χ0) is 13.9. The molecule has 0 bridgehead atoms. The zero-order valence-electron chi connectivity index (χ0n) is 12.4. The third-order valence-corrected chi connectivity index (χ3v) is 4.87. The molecule has 2 aliphatic rings. The summed E-state index contributed by atoms with van der Waals surface area (Å²) in [5.41, 5.74) is 2.55. The molecule has 0 spiro atoms. The van der Waals surface area contributed by atoms with Crippen molar-refractivity contribution in [3.8, 4) is 0 Å². The van der Waals surface area contributed by atoms with Crippen molar-refractivity contribution in [1.29, 1.82) is 0 Å². The van der Waals surface area contributed by atoms with Gasteiger partial charge in [0.1, 0.15) is 5.82 Å². The highest BCUT2D eigenvalue weighted by atomic mass is 32.2. The molecule has 1 fully saturated rings. The van der Waals surface area contributed by atoms with Crippen molar-refractivity contribution in [2.24, 2.45) is 0 Å². The number of aromatic nitrogens is 2. The minimum atomic E-state index is 0.915. The van der Waals surface area contributed by atoms with Gasteiger partial charge in [-0.05, 0) is 13.5 Å². The van der Waals surface area contributed by atoms with E-state index in [1.165, 1.54) is 11.3 Å². The first-order valence-electron chi connectivity index (χ1n) is 7.43. The normalized spacial score (nSPS) is 19.2. The van der Waals surface area contributed by atoms with Gasteiger partial charge in [0.25, 0.3) is 0 Å². The summed E-state index contributed by atoms with van der Waals surface area (Å²) >= 11 is 1.94. The molecule has 1 N–H and O–H groups in total. The monoisotopic (exact) mass is 293 g/mol. The molecule has 20 heavy (non-hydrogen) atoms. The van der Waals surface area contributed by atoms with Gasteiger partial charge in [-0.2, -0.15) is 16.7 Å². The first kappa shape index (κ1) is 13.9. The lowest BCUT2D eigenvalue weighted by Crippen LogP contribution is -2.45. The quantitative estimate of drug-likeness (QED) is 0.913.